The minimum absolute atomic E-state index is 0.286. The van der Waals surface area contributed by atoms with Crippen LogP contribution in [0.1, 0.15) is 48.9 Å². The van der Waals surface area contributed by atoms with Crippen LogP contribution in [-0.4, -0.2) is 5.78 Å². The molecule has 0 bridgehead atoms. The number of Topliss-reactive ketones (excluding diaryl/α,β-unsaturated/α-hetero) is 1. The van der Waals surface area contributed by atoms with E-state index in [0.29, 0.717) is 5.78 Å². The van der Waals surface area contributed by atoms with Crippen molar-refractivity contribution in [2.45, 2.75) is 38.5 Å². The molecule has 1 aromatic rings. The van der Waals surface area contributed by atoms with E-state index in [-0.39, 0.29) is 5.92 Å². The summed E-state index contributed by atoms with van der Waals surface area (Å²) in [6, 6.07) is 1.96. The van der Waals surface area contributed by atoms with Gasteiger partial charge in [0.25, 0.3) is 0 Å². The minimum Gasteiger partial charge on any atom is -0.294 e. The lowest BCUT2D eigenvalue weighted by molar-refractivity contribution is 0.0908. The molecule has 0 aliphatic heterocycles. The van der Waals surface area contributed by atoms with Crippen LogP contribution >= 0.6 is 27.3 Å². The third-order valence-corrected chi connectivity index (χ3v) is 4.58. The molecule has 1 aliphatic carbocycles. The monoisotopic (exact) mass is 286 g/mol. The van der Waals surface area contributed by atoms with Crippen molar-refractivity contribution in [3.63, 3.8) is 0 Å². The van der Waals surface area contributed by atoms with Gasteiger partial charge in [-0.25, -0.2) is 0 Å². The van der Waals surface area contributed by atoms with Crippen LogP contribution in [0.2, 0.25) is 0 Å². The molecule has 1 aliphatic rings. The Kier molecular flexibility index (Phi) is 3.98. The Labute approximate surface area is 103 Å². The van der Waals surface area contributed by atoms with Gasteiger partial charge in [-0.2, -0.15) is 0 Å². The summed E-state index contributed by atoms with van der Waals surface area (Å²) in [4.78, 5) is 12.2. The fourth-order valence-corrected chi connectivity index (χ4v) is 3.36. The summed E-state index contributed by atoms with van der Waals surface area (Å²) >= 11 is 5.00. The summed E-state index contributed by atoms with van der Waals surface area (Å²) in [7, 11) is 0. The molecular formula is C12H15BrOS. The van der Waals surface area contributed by atoms with Gasteiger partial charge in [0.1, 0.15) is 0 Å². The molecule has 0 N–H and O–H groups in total. The van der Waals surface area contributed by atoms with Gasteiger partial charge in [-0.3, -0.25) is 4.79 Å². The summed E-state index contributed by atoms with van der Waals surface area (Å²) in [5.74, 6) is 0.646. The highest BCUT2D eigenvalue weighted by atomic mass is 79.9. The predicted octanol–water partition coefficient (Wildman–Crippen LogP) is 4.66. The van der Waals surface area contributed by atoms with Crippen molar-refractivity contribution in [3.05, 3.63) is 20.8 Å². The normalized spacial score (nSPS) is 18.7. The van der Waals surface area contributed by atoms with Crippen molar-refractivity contribution < 1.29 is 4.79 Å². The van der Waals surface area contributed by atoms with Gasteiger partial charge < -0.3 is 0 Å². The summed E-state index contributed by atoms with van der Waals surface area (Å²) in [5, 5.41) is 1.97. The third kappa shape index (κ3) is 2.91. The summed E-state index contributed by atoms with van der Waals surface area (Å²) in [5.41, 5.74) is 0.902. The van der Waals surface area contributed by atoms with Crippen molar-refractivity contribution in [2.75, 3.05) is 0 Å². The number of carbonyl (C=O) groups excluding carboxylic acids is 1. The second-order valence-electron chi connectivity index (χ2n) is 4.19. The predicted molar refractivity (Wildman–Crippen MR) is 67.5 cm³/mol. The number of carbonyl (C=O) groups is 1. The van der Waals surface area contributed by atoms with Crippen LogP contribution < -0.4 is 0 Å². The first kappa shape index (κ1) is 11.3. The van der Waals surface area contributed by atoms with Crippen LogP contribution in [0.4, 0.5) is 0 Å². The SMILES string of the molecule is O=C(c1csc(Br)c1)C1CCCCCC1. The highest BCUT2D eigenvalue weighted by Gasteiger charge is 2.21. The topological polar surface area (TPSA) is 17.1 Å². The van der Waals surface area contributed by atoms with Crippen LogP contribution in [0.5, 0.6) is 0 Å². The van der Waals surface area contributed by atoms with Gasteiger partial charge in [-0.1, -0.05) is 25.7 Å². The van der Waals surface area contributed by atoms with E-state index in [1.165, 1.54) is 25.7 Å². The first-order chi connectivity index (χ1) is 7.27. The Morgan fingerprint density at radius 2 is 1.93 bits per heavy atom. The lowest BCUT2D eigenvalue weighted by atomic mass is 9.92. The average molecular weight is 287 g/mol. The Morgan fingerprint density at radius 1 is 1.27 bits per heavy atom. The first-order valence-corrected chi connectivity index (χ1v) is 7.23. The van der Waals surface area contributed by atoms with Crippen LogP contribution in [0, 0.1) is 5.92 Å². The van der Waals surface area contributed by atoms with Gasteiger partial charge in [0.05, 0.1) is 3.79 Å². The Bertz CT molecular complexity index is 337. The summed E-state index contributed by atoms with van der Waals surface area (Å²) in [6.45, 7) is 0. The van der Waals surface area contributed by atoms with Crippen molar-refractivity contribution in [3.8, 4) is 0 Å². The number of thiophene rings is 1. The van der Waals surface area contributed by atoms with Crippen molar-refractivity contribution in [2.24, 2.45) is 5.92 Å². The Balaban J connectivity index is 2.06. The zero-order valence-electron chi connectivity index (χ0n) is 8.67. The first-order valence-electron chi connectivity index (χ1n) is 5.55. The molecule has 15 heavy (non-hydrogen) atoms. The van der Waals surface area contributed by atoms with E-state index in [9.17, 15) is 4.79 Å². The van der Waals surface area contributed by atoms with Crippen LogP contribution in [0.15, 0.2) is 15.2 Å². The molecule has 1 aromatic heterocycles. The molecule has 82 valence electrons. The molecule has 0 radical (unpaired) electrons. The molecule has 0 amide bonds. The van der Waals surface area contributed by atoms with Crippen molar-refractivity contribution >= 4 is 33.0 Å². The summed E-state index contributed by atoms with van der Waals surface area (Å²) < 4.78 is 1.06. The highest BCUT2D eigenvalue weighted by molar-refractivity contribution is 9.11. The van der Waals surface area contributed by atoms with E-state index in [1.54, 1.807) is 11.3 Å². The van der Waals surface area contributed by atoms with Crippen molar-refractivity contribution in [1.82, 2.24) is 0 Å². The van der Waals surface area contributed by atoms with E-state index < -0.39 is 0 Å². The molecule has 0 saturated heterocycles. The van der Waals surface area contributed by atoms with E-state index in [2.05, 4.69) is 15.9 Å². The molecule has 0 aromatic carbocycles. The molecule has 2 rings (SSSR count). The zero-order chi connectivity index (χ0) is 10.7. The number of hydrogen-bond acceptors (Lipinski definition) is 2. The fourth-order valence-electron chi connectivity index (χ4n) is 2.22. The van der Waals surface area contributed by atoms with Crippen LogP contribution in [0.25, 0.3) is 0 Å². The number of hydrogen-bond donors (Lipinski definition) is 0. The average Bonchev–Trinajstić information content (AvgIpc) is 2.53. The van der Waals surface area contributed by atoms with Crippen molar-refractivity contribution in [1.29, 1.82) is 0 Å². The minimum atomic E-state index is 0.286. The van der Waals surface area contributed by atoms with Gasteiger partial charge in [-0.15, -0.1) is 11.3 Å². The maximum Gasteiger partial charge on any atom is 0.166 e. The molecule has 1 saturated carbocycles. The molecular weight excluding hydrogens is 272 g/mol. The lowest BCUT2D eigenvalue weighted by Crippen LogP contribution is -2.13. The largest absolute Gasteiger partial charge is 0.294 e. The van der Waals surface area contributed by atoms with Gasteiger partial charge in [0.2, 0.25) is 0 Å². The van der Waals surface area contributed by atoms with E-state index >= 15 is 0 Å². The Hall–Kier alpha value is -0.150. The number of ketones is 1. The molecule has 1 nitrogen and oxygen atoms in total. The maximum atomic E-state index is 12.2. The quantitative estimate of drug-likeness (QED) is 0.571. The van der Waals surface area contributed by atoms with Gasteiger partial charge in [-0.05, 0) is 34.8 Å². The number of halogens is 1. The van der Waals surface area contributed by atoms with Crippen LogP contribution in [0.3, 0.4) is 0 Å². The molecule has 0 atom stereocenters. The van der Waals surface area contributed by atoms with Gasteiger partial charge in [0.15, 0.2) is 5.78 Å². The lowest BCUT2D eigenvalue weighted by Gasteiger charge is -2.10. The second kappa shape index (κ2) is 5.26. The number of rotatable bonds is 2. The van der Waals surface area contributed by atoms with Gasteiger partial charge in [0, 0.05) is 16.9 Å². The molecule has 0 spiro atoms. The van der Waals surface area contributed by atoms with E-state index in [1.807, 2.05) is 11.4 Å². The molecule has 1 fully saturated rings. The maximum absolute atomic E-state index is 12.2. The van der Waals surface area contributed by atoms with E-state index in [0.717, 1.165) is 22.2 Å². The third-order valence-electron chi connectivity index (χ3n) is 3.08. The highest BCUT2D eigenvalue weighted by Crippen LogP contribution is 2.29. The Morgan fingerprint density at radius 3 is 2.47 bits per heavy atom. The standard InChI is InChI=1S/C12H15BrOS/c13-11-7-10(8-15-11)12(14)9-5-3-1-2-4-6-9/h7-9H,1-6H2. The molecule has 0 unspecified atom stereocenters. The second-order valence-corrected chi connectivity index (χ2v) is 6.48. The fraction of sp³-hybridized carbons (Fsp3) is 0.583. The molecule has 3 heteroatoms. The van der Waals surface area contributed by atoms with Crippen LogP contribution in [-0.2, 0) is 0 Å². The molecule has 1 heterocycles. The smallest absolute Gasteiger partial charge is 0.166 e. The zero-order valence-corrected chi connectivity index (χ0v) is 11.1. The summed E-state index contributed by atoms with van der Waals surface area (Å²) in [6.07, 6.45) is 7.23. The van der Waals surface area contributed by atoms with E-state index in [4.69, 9.17) is 0 Å². The van der Waals surface area contributed by atoms with Gasteiger partial charge >= 0.3 is 0 Å².